The zero-order valence-electron chi connectivity index (χ0n) is 13.8. The molecule has 0 spiro atoms. The molecule has 0 aliphatic heterocycles. The van der Waals surface area contributed by atoms with Crippen molar-refractivity contribution < 1.29 is 4.74 Å². The minimum absolute atomic E-state index is 0.290. The number of hydrogen-bond donors (Lipinski definition) is 0. The van der Waals surface area contributed by atoms with E-state index in [4.69, 9.17) is 4.74 Å². The second-order valence-electron chi connectivity index (χ2n) is 5.41. The van der Waals surface area contributed by atoms with E-state index >= 15 is 0 Å². The fraction of sp³-hybridized carbons (Fsp3) is 0.389. The van der Waals surface area contributed by atoms with E-state index in [1.54, 1.807) is 6.08 Å². The van der Waals surface area contributed by atoms with Gasteiger partial charge in [-0.3, -0.25) is 4.57 Å². The summed E-state index contributed by atoms with van der Waals surface area (Å²) in [7, 11) is 0. The van der Waals surface area contributed by atoms with Gasteiger partial charge in [0.05, 0.1) is 5.69 Å². The van der Waals surface area contributed by atoms with Gasteiger partial charge in [0.1, 0.15) is 12.4 Å². The Morgan fingerprint density at radius 1 is 1.43 bits per heavy atom. The van der Waals surface area contributed by atoms with Crippen molar-refractivity contribution in [1.82, 2.24) is 9.55 Å². The molecule has 114 valence electrons. The second kappa shape index (κ2) is 7.67. The molecule has 0 aromatic carbocycles. The summed E-state index contributed by atoms with van der Waals surface area (Å²) in [6, 6.07) is 0. The van der Waals surface area contributed by atoms with Gasteiger partial charge in [0, 0.05) is 12.1 Å². The SMILES string of the molecule is C=C/C=C(\C)c1cn(C(=C)OC/C(C)=C/C)c(C(C)C)n1. The third kappa shape index (κ3) is 4.48. The highest BCUT2D eigenvalue weighted by molar-refractivity contribution is 5.62. The molecule has 1 aromatic heterocycles. The van der Waals surface area contributed by atoms with Crippen molar-refractivity contribution in [2.45, 2.75) is 40.5 Å². The summed E-state index contributed by atoms with van der Waals surface area (Å²) >= 11 is 0. The Kier molecular flexibility index (Phi) is 6.22. The van der Waals surface area contributed by atoms with E-state index in [9.17, 15) is 0 Å². The molecule has 3 nitrogen and oxygen atoms in total. The zero-order valence-corrected chi connectivity index (χ0v) is 13.8. The predicted molar refractivity (Wildman–Crippen MR) is 90.9 cm³/mol. The number of allylic oxidation sites excluding steroid dienone is 4. The van der Waals surface area contributed by atoms with Crippen LogP contribution in [-0.4, -0.2) is 16.2 Å². The van der Waals surface area contributed by atoms with Crippen LogP contribution in [0.4, 0.5) is 0 Å². The monoisotopic (exact) mass is 286 g/mol. The summed E-state index contributed by atoms with van der Waals surface area (Å²) in [6.07, 6.45) is 7.72. The van der Waals surface area contributed by atoms with Gasteiger partial charge in [-0.2, -0.15) is 0 Å². The Morgan fingerprint density at radius 3 is 2.62 bits per heavy atom. The molecule has 1 aromatic rings. The van der Waals surface area contributed by atoms with Crippen LogP contribution in [0.15, 0.2) is 43.2 Å². The standard InChI is InChI=1S/C18H26N2O/c1-8-10-15(6)17-11-20(18(19-17)13(3)4)16(7)21-12-14(5)9-2/h8-11,13H,1,7,12H2,2-6H3/b14-9+,15-10+. The lowest BCUT2D eigenvalue weighted by Gasteiger charge is -2.14. The fourth-order valence-corrected chi connectivity index (χ4v) is 1.80. The zero-order chi connectivity index (χ0) is 16.0. The maximum atomic E-state index is 5.75. The molecule has 0 amide bonds. The lowest BCUT2D eigenvalue weighted by Crippen LogP contribution is -2.07. The van der Waals surface area contributed by atoms with Crippen molar-refractivity contribution in [3.05, 3.63) is 54.7 Å². The molecule has 1 rings (SSSR count). The molecule has 0 aliphatic carbocycles. The molecular weight excluding hydrogens is 260 g/mol. The number of hydrogen-bond acceptors (Lipinski definition) is 2. The highest BCUT2D eigenvalue weighted by Gasteiger charge is 2.15. The largest absolute Gasteiger partial charge is 0.474 e. The van der Waals surface area contributed by atoms with E-state index in [1.165, 1.54) is 5.57 Å². The van der Waals surface area contributed by atoms with Gasteiger partial charge in [-0.15, -0.1) is 0 Å². The number of aromatic nitrogens is 2. The first kappa shape index (κ1) is 17.0. The average Bonchev–Trinajstić information content (AvgIpc) is 2.90. The van der Waals surface area contributed by atoms with Gasteiger partial charge >= 0.3 is 0 Å². The molecule has 0 N–H and O–H groups in total. The molecule has 3 heteroatoms. The molecule has 1 heterocycles. The van der Waals surface area contributed by atoms with Crippen LogP contribution in [0.3, 0.4) is 0 Å². The number of imidazole rings is 1. The third-order valence-corrected chi connectivity index (χ3v) is 3.25. The molecule has 0 unspecified atom stereocenters. The first-order chi connectivity index (χ1) is 9.90. The highest BCUT2D eigenvalue weighted by Crippen LogP contribution is 2.22. The van der Waals surface area contributed by atoms with Crippen molar-refractivity contribution in [2.24, 2.45) is 0 Å². The topological polar surface area (TPSA) is 27.1 Å². The van der Waals surface area contributed by atoms with Crippen LogP contribution >= 0.6 is 0 Å². The molecule has 21 heavy (non-hydrogen) atoms. The van der Waals surface area contributed by atoms with Crippen molar-refractivity contribution in [3.63, 3.8) is 0 Å². The van der Waals surface area contributed by atoms with Crippen molar-refractivity contribution >= 4 is 11.5 Å². The van der Waals surface area contributed by atoms with Crippen LogP contribution in [-0.2, 0) is 4.74 Å². The molecule has 0 radical (unpaired) electrons. The van der Waals surface area contributed by atoms with E-state index in [2.05, 4.69) is 32.0 Å². The normalized spacial score (nSPS) is 12.7. The summed E-state index contributed by atoms with van der Waals surface area (Å²) in [6.45, 7) is 18.6. The average molecular weight is 286 g/mol. The minimum Gasteiger partial charge on any atom is -0.474 e. The highest BCUT2D eigenvalue weighted by atomic mass is 16.5. The van der Waals surface area contributed by atoms with E-state index in [-0.39, 0.29) is 0 Å². The van der Waals surface area contributed by atoms with E-state index in [0.29, 0.717) is 18.4 Å². The maximum absolute atomic E-state index is 5.75. The first-order valence-electron chi connectivity index (χ1n) is 7.23. The predicted octanol–water partition coefficient (Wildman–Crippen LogP) is 5.01. The molecule has 0 saturated heterocycles. The minimum atomic E-state index is 0.290. The second-order valence-corrected chi connectivity index (χ2v) is 5.41. The van der Waals surface area contributed by atoms with Gasteiger partial charge in [0.2, 0.25) is 0 Å². The van der Waals surface area contributed by atoms with Gasteiger partial charge in [0.15, 0.2) is 5.88 Å². The maximum Gasteiger partial charge on any atom is 0.191 e. The van der Waals surface area contributed by atoms with Crippen LogP contribution in [0.5, 0.6) is 0 Å². The summed E-state index contributed by atoms with van der Waals surface area (Å²) in [5.41, 5.74) is 3.17. The quantitative estimate of drug-likeness (QED) is 0.400. The van der Waals surface area contributed by atoms with Crippen LogP contribution in [0.2, 0.25) is 0 Å². The fourth-order valence-electron chi connectivity index (χ4n) is 1.80. The molecule has 0 atom stereocenters. The summed E-state index contributed by atoms with van der Waals surface area (Å²) in [5, 5.41) is 0. The van der Waals surface area contributed by atoms with Crippen LogP contribution in [0, 0.1) is 0 Å². The van der Waals surface area contributed by atoms with E-state index in [1.807, 2.05) is 43.7 Å². The Hall–Kier alpha value is -2.03. The lowest BCUT2D eigenvalue weighted by molar-refractivity contribution is 0.287. The number of ether oxygens (including phenoxy) is 1. The third-order valence-electron chi connectivity index (χ3n) is 3.25. The molecule has 0 aliphatic rings. The van der Waals surface area contributed by atoms with Crippen LogP contribution < -0.4 is 0 Å². The van der Waals surface area contributed by atoms with Gasteiger partial charge < -0.3 is 4.74 Å². The Labute approximate surface area is 128 Å². The molecule has 0 fully saturated rings. The van der Waals surface area contributed by atoms with Gasteiger partial charge in [-0.05, 0) is 38.5 Å². The van der Waals surface area contributed by atoms with E-state index in [0.717, 1.165) is 17.1 Å². The number of rotatable bonds is 7. The summed E-state index contributed by atoms with van der Waals surface area (Å²) in [5.74, 6) is 1.84. The summed E-state index contributed by atoms with van der Waals surface area (Å²) < 4.78 is 7.68. The molecule has 0 bridgehead atoms. The van der Waals surface area contributed by atoms with E-state index < -0.39 is 0 Å². The van der Waals surface area contributed by atoms with Crippen molar-refractivity contribution in [2.75, 3.05) is 6.61 Å². The van der Waals surface area contributed by atoms with Crippen LogP contribution in [0.1, 0.15) is 52.1 Å². The first-order valence-corrected chi connectivity index (χ1v) is 7.23. The molecular formula is C18H26N2O. The Balaban J connectivity index is 3.07. The van der Waals surface area contributed by atoms with Crippen molar-refractivity contribution in [1.29, 1.82) is 0 Å². The van der Waals surface area contributed by atoms with Crippen molar-refractivity contribution in [3.8, 4) is 0 Å². The van der Waals surface area contributed by atoms with Gasteiger partial charge in [0.25, 0.3) is 0 Å². The van der Waals surface area contributed by atoms with Crippen LogP contribution in [0.25, 0.3) is 11.5 Å². The summed E-state index contributed by atoms with van der Waals surface area (Å²) in [4.78, 5) is 4.69. The Morgan fingerprint density at radius 2 is 2.10 bits per heavy atom. The number of nitrogens with zero attached hydrogens (tertiary/aromatic N) is 2. The molecule has 0 saturated carbocycles. The van der Waals surface area contributed by atoms with Gasteiger partial charge in [-0.25, -0.2) is 4.98 Å². The Bertz CT molecular complexity index is 574. The van der Waals surface area contributed by atoms with Gasteiger partial charge in [-0.1, -0.05) is 38.7 Å². The smallest absolute Gasteiger partial charge is 0.191 e. The lowest BCUT2D eigenvalue weighted by atomic mass is 10.2.